The molecule has 1 atom stereocenters. The largest absolute Gasteiger partial charge is 0.445 e. The highest BCUT2D eigenvalue weighted by atomic mass is 32.2. The highest BCUT2D eigenvalue weighted by Crippen LogP contribution is 2.49. The van der Waals surface area contributed by atoms with E-state index in [0.717, 1.165) is 5.56 Å². The van der Waals surface area contributed by atoms with Gasteiger partial charge in [0.05, 0.1) is 24.2 Å². The van der Waals surface area contributed by atoms with E-state index in [-0.39, 0.29) is 49.6 Å². The number of alkyl carbamates (subject to hydrolysis) is 1. The quantitative estimate of drug-likeness (QED) is 0.245. The number of ether oxygens (including phenoxy) is 1. The van der Waals surface area contributed by atoms with Crippen molar-refractivity contribution in [1.82, 2.24) is 15.4 Å². The zero-order chi connectivity index (χ0) is 28.9. The zero-order valence-corrected chi connectivity index (χ0v) is 24.4. The molecule has 216 valence electrons. The van der Waals surface area contributed by atoms with Gasteiger partial charge in [-0.2, -0.15) is 0 Å². The van der Waals surface area contributed by atoms with Crippen molar-refractivity contribution in [1.29, 1.82) is 0 Å². The number of benzene rings is 2. The van der Waals surface area contributed by atoms with E-state index in [0.29, 0.717) is 0 Å². The van der Waals surface area contributed by atoms with Gasteiger partial charge in [0.1, 0.15) is 6.61 Å². The maximum Gasteiger partial charge on any atom is 0.418 e. The number of hydrogen-bond donors (Lipinski definition) is 3. The number of nitrogens with one attached hydrogen (secondary N) is 3. The van der Waals surface area contributed by atoms with Crippen molar-refractivity contribution >= 4 is 29.4 Å². The van der Waals surface area contributed by atoms with E-state index < -0.39 is 35.4 Å². The van der Waals surface area contributed by atoms with Crippen LogP contribution in [0.3, 0.4) is 0 Å². The Kier molecular flexibility index (Phi) is 13.1. The molecule has 0 heterocycles. The van der Waals surface area contributed by atoms with Crippen LogP contribution in [0.15, 0.2) is 65.6 Å². The lowest BCUT2D eigenvalue weighted by Gasteiger charge is -2.23. The van der Waals surface area contributed by atoms with Gasteiger partial charge in [0, 0.05) is 13.1 Å². The molecule has 0 aliphatic heterocycles. The van der Waals surface area contributed by atoms with Crippen LogP contribution < -0.4 is 15.4 Å². The second-order valence-corrected chi connectivity index (χ2v) is 13.3. The molecule has 39 heavy (non-hydrogen) atoms. The summed E-state index contributed by atoms with van der Waals surface area (Å²) in [7, 11) is -8.10. The fraction of sp³-hybridized carbons (Fsp3) is 0.462. The lowest BCUT2D eigenvalue weighted by molar-refractivity contribution is 0.135. The van der Waals surface area contributed by atoms with Crippen LogP contribution in [0.5, 0.6) is 0 Å². The molecule has 2 amide bonds. The minimum Gasteiger partial charge on any atom is -0.445 e. The third kappa shape index (κ3) is 11.9. The molecule has 0 bridgehead atoms. The Morgan fingerprint density at radius 3 is 1.92 bits per heavy atom. The Morgan fingerprint density at radius 2 is 1.38 bits per heavy atom. The lowest BCUT2D eigenvalue weighted by atomic mass is 10.2. The average Bonchev–Trinajstić information content (AvgIpc) is 2.92. The van der Waals surface area contributed by atoms with Gasteiger partial charge in [0.15, 0.2) is 0 Å². The van der Waals surface area contributed by atoms with Crippen LogP contribution in [-0.2, 0) is 35.0 Å². The minimum absolute atomic E-state index is 0.00466. The van der Waals surface area contributed by atoms with Crippen LogP contribution in [0.2, 0.25) is 0 Å². The average molecular weight is 584 g/mol. The zero-order valence-electron chi connectivity index (χ0n) is 22.7. The maximum atomic E-state index is 13.2. The first-order chi connectivity index (χ1) is 18.4. The fourth-order valence-corrected chi connectivity index (χ4v) is 5.64. The summed E-state index contributed by atoms with van der Waals surface area (Å²) in [5, 5.41) is 5.01. The summed E-state index contributed by atoms with van der Waals surface area (Å²) in [6.45, 7) is 6.84. The minimum atomic E-state index is -4.19. The van der Waals surface area contributed by atoms with E-state index in [9.17, 15) is 22.6 Å². The SMILES string of the molecule is CC(C)COP(=O)(OCC(C)C)C(=O)NC[C@@H](CNS(=O)(=O)c1ccccc1)NC(=O)OCc1ccccc1. The predicted octanol–water partition coefficient (Wildman–Crippen LogP) is 4.51. The highest BCUT2D eigenvalue weighted by molar-refractivity contribution is 7.89. The molecule has 0 saturated heterocycles. The van der Waals surface area contributed by atoms with Gasteiger partial charge in [-0.15, -0.1) is 0 Å². The Labute approximate surface area is 230 Å². The normalized spacial score (nSPS) is 12.8. The number of sulfonamides is 1. The molecule has 11 nitrogen and oxygen atoms in total. The van der Waals surface area contributed by atoms with Gasteiger partial charge in [-0.05, 0) is 29.5 Å². The van der Waals surface area contributed by atoms with Gasteiger partial charge in [-0.1, -0.05) is 76.2 Å². The summed E-state index contributed by atoms with van der Waals surface area (Å²) in [5.74, 6) is -0.00932. The number of hydrogen-bond acceptors (Lipinski definition) is 8. The van der Waals surface area contributed by atoms with Gasteiger partial charge in [0.2, 0.25) is 10.0 Å². The second-order valence-electron chi connectivity index (χ2n) is 9.63. The predicted molar refractivity (Wildman–Crippen MR) is 148 cm³/mol. The van der Waals surface area contributed by atoms with Crippen LogP contribution in [0.4, 0.5) is 9.59 Å². The molecule has 0 aromatic heterocycles. The molecule has 3 N–H and O–H groups in total. The van der Waals surface area contributed by atoms with Crippen molar-refractivity contribution in [2.24, 2.45) is 11.8 Å². The Hall–Kier alpha value is -2.76. The van der Waals surface area contributed by atoms with Crippen LogP contribution in [0.25, 0.3) is 0 Å². The molecular weight excluding hydrogens is 545 g/mol. The second kappa shape index (κ2) is 15.7. The Morgan fingerprint density at radius 1 is 0.846 bits per heavy atom. The number of carbonyl (C=O) groups is 2. The third-order valence-corrected chi connectivity index (χ3v) is 8.09. The van der Waals surface area contributed by atoms with Crippen LogP contribution in [0.1, 0.15) is 33.3 Å². The van der Waals surface area contributed by atoms with E-state index in [1.54, 1.807) is 42.5 Å². The molecule has 0 spiro atoms. The van der Waals surface area contributed by atoms with Crippen molar-refractivity contribution < 1.29 is 36.4 Å². The van der Waals surface area contributed by atoms with E-state index in [1.165, 1.54) is 12.1 Å². The fourth-order valence-electron chi connectivity index (χ4n) is 2.96. The van der Waals surface area contributed by atoms with Crippen molar-refractivity contribution in [2.45, 2.75) is 45.2 Å². The van der Waals surface area contributed by atoms with Crippen molar-refractivity contribution in [3.8, 4) is 0 Å². The van der Waals surface area contributed by atoms with Gasteiger partial charge < -0.3 is 24.4 Å². The van der Waals surface area contributed by atoms with Crippen LogP contribution in [0, 0.1) is 11.8 Å². The molecule has 0 aliphatic rings. The lowest BCUT2D eigenvalue weighted by Crippen LogP contribution is -2.50. The topological polar surface area (TPSA) is 149 Å². The maximum absolute atomic E-state index is 13.2. The molecule has 0 radical (unpaired) electrons. The van der Waals surface area contributed by atoms with Gasteiger partial charge in [-0.25, -0.2) is 22.5 Å². The number of rotatable bonds is 16. The first-order valence-corrected chi connectivity index (χ1v) is 15.6. The van der Waals surface area contributed by atoms with E-state index >= 15 is 0 Å². The monoisotopic (exact) mass is 583 g/mol. The molecule has 2 rings (SSSR count). The molecular formula is C26H38N3O8PS. The first kappa shape index (κ1) is 32.5. The van der Waals surface area contributed by atoms with E-state index in [2.05, 4.69) is 15.4 Å². The Balaban J connectivity index is 2.10. The number of amides is 2. The molecule has 0 saturated carbocycles. The summed E-state index contributed by atoms with van der Waals surface area (Å²) in [6.07, 6.45) is -0.827. The summed E-state index contributed by atoms with van der Waals surface area (Å²) >= 11 is 0. The third-order valence-electron chi connectivity index (χ3n) is 5.01. The smallest absolute Gasteiger partial charge is 0.418 e. The molecule has 0 fully saturated rings. The standard InChI is InChI=1S/C26H38N3O8PS/c1-20(2)17-36-38(32,37-18-21(3)4)26(31)27-15-23(16-28-39(33,34)24-13-9-6-10-14-24)29-25(30)35-19-22-11-7-5-8-12-22/h5-14,20-21,23,28H,15-19H2,1-4H3,(H,27,31)(H,29,30)/t23-/m0/s1. The van der Waals surface area contributed by atoms with Crippen LogP contribution in [-0.4, -0.2) is 52.5 Å². The summed E-state index contributed by atoms with van der Waals surface area (Å²) < 4.78 is 57.0. The van der Waals surface area contributed by atoms with Crippen molar-refractivity contribution in [3.63, 3.8) is 0 Å². The van der Waals surface area contributed by atoms with E-state index in [1.807, 2.05) is 33.8 Å². The number of carbonyl (C=O) groups excluding carboxylic acids is 2. The molecule has 2 aromatic carbocycles. The summed E-state index contributed by atoms with van der Waals surface area (Å²) in [4.78, 5) is 25.4. The Bertz CT molecular complexity index is 1180. The summed E-state index contributed by atoms with van der Waals surface area (Å²) in [5.41, 5.74) is -0.230. The van der Waals surface area contributed by atoms with Crippen molar-refractivity contribution in [2.75, 3.05) is 26.3 Å². The van der Waals surface area contributed by atoms with E-state index in [4.69, 9.17) is 13.8 Å². The summed E-state index contributed by atoms with van der Waals surface area (Å²) in [6, 6.07) is 15.7. The van der Waals surface area contributed by atoms with Gasteiger partial charge in [-0.3, -0.25) is 4.79 Å². The van der Waals surface area contributed by atoms with Crippen LogP contribution >= 0.6 is 7.60 Å². The van der Waals surface area contributed by atoms with Crippen molar-refractivity contribution in [3.05, 3.63) is 66.2 Å². The molecule has 0 aliphatic carbocycles. The molecule has 2 aromatic rings. The molecule has 0 unspecified atom stereocenters. The van der Waals surface area contributed by atoms with Gasteiger partial charge in [0.25, 0.3) is 0 Å². The van der Waals surface area contributed by atoms with Gasteiger partial charge >= 0.3 is 19.3 Å². The molecule has 13 heteroatoms. The first-order valence-electron chi connectivity index (χ1n) is 12.6. The highest BCUT2D eigenvalue weighted by Gasteiger charge is 2.36.